The number of benzene rings is 2. The zero-order valence-electron chi connectivity index (χ0n) is 9.29. The molecule has 0 aliphatic carbocycles. The van der Waals surface area contributed by atoms with E-state index in [0.29, 0.717) is 5.56 Å². The molecule has 0 aromatic heterocycles. The maximum atomic E-state index is 12.9. The molecule has 0 saturated carbocycles. The molecule has 0 unspecified atom stereocenters. The van der Waals surface area contributed by atoms with Gasteiger partial charge in [0.2, 0.25) is 0 Å². The number of hydrogen-bond acceptors (Lipinski definition) is 1. The lowest BCUT2D eigenvalue weighted by Gasteiger charge is -2.02. The molecule has 0 atom stereocenters. The van der Waals surface area contributed by atoms with Crippen LogP contribution in [0.1, 0.15) is 15.9 Å². The summed E-state index contributed by atoms with van der Waals surface area (Å²) in [5.41, 5.74) is 0.558. The second kappa shape index (κ2) is 5.04. The van der Waals surface area contributed by atoms with Gasteiger partial charge in [-0.1, -0.05) is 18.2 Å². The van der Waals surface area contributed by atoms with Crippen molar-refractivity contribution in [1.82, 2.24) is 0 Å². The number of carbonyl (C=O) groups excluding carboxylic acids is 1. The molecule has 0 fully saturated rings. The fraction of sp³-hybridized carbons (Fsp3) is 0.0714. The lowest BCUT2D eigenvalue weighted by Crippen LogP contribution is -2.04. The Bertz CT molecular complexity index is 593. The zero-order chi connectivity index (χ0) is 13.1. The summed E-state index contributed by atoms with van der Waals surface area (Å²) in [5.74, 6) is -2.82. The molecule has 1 nitrogen and oxygen atoms in total. The van der Waals surface area contributed by atoms with E-state index in [4.69, 9.17) is 0 Å². The second-order valence-corrected chi connectivity index (χ2v) is 3.86. The highest BCUT2D eigenvalue weighted by Gasteiger charge is 2.10. The monoisotopic (exact) mass is 250 g/mol. The van der Waals surface area contributed by atoms with E-state index in [-0.39, 0.29) is 17.8 Å². The Morgan fingerprint density at radius 3 is 2.39 bits per heavy atom. The first kappa shape index (κ1) is 12.4. The topological polar surface area (TPSA) is 17.1 Å². The minimum atomic E-state index is -1.00. The van der Waals surface area contributed by atoms with Gasteiger partial charge in [0.05, 0.1) is 0 Å². The van der Waals surface area contributed by atoms with Gasteiger partial charge in [-0.25, -0.2) is 13.2 Å². The van der Waals surface area contributed by atoms with E-state index in [9.17, 15) is 18.0 Å². The van der Waals surface area contributed by atoms with Crippen LogP contribution in [0.4, 0.5) is 13.2 Å². The highest BCUT2D eigenvalue weighted by atomic mass is 19.2. The third-order valence-corrected chi connectivity index (χ3v) is 2.50. The summed E-state index contributed by atoms with van der Waals surface area (Å²) >= 11 is 0. The molecule has 2 aromatic rings. The predicted molar refractivity (Wildman–Crippen MR) is 60.8 cm³/mol. The van der Waals surface area contributed by atoms with Crippen molar-refractivity contribution in [2.75, 3.05) is 0 Å². The SMILES string of the molecule is O=C(Cc1ccc(F)c(F)c1)c1cccc(F)c1. The Balaban J connectivity index is 2.18. The molecule has 0 radical (unpaired) electrons. The summed E-state index contributed by atoms with van der Waals surface area (Å²) in [6, 6.07) is 8.50. The average molecular weight is 250 g/mol. The van der Waals surface area contributed by atoms with Gasteiger partial charge in [0, 0.05) is 12.0 Å². The van der Waals surface area contributed by atoms with Crippen LogP contribution >= 0.6 is 0 Å². The first-order valence-corrected chi connectivity index (χ1v) is 5.29. The second-order valence-electron chi connectivity index (χ2n) is 3.86. The maximum absolute atomic E-state index is 12.9. The largest absolute Gasteiger partial charge is 0.294 e. The summed E-state index contributed by atoms with van der Waals surface area (Å²) < 4.78 is 38.6. The van der Waals surface area contributed by atoms with Gasteiger partial charge >= 0.3 is 0 Å². The normalized spacial score (nSPS) is 10.4. The molecular formula is C14H9F3O. The molecule has 0 aliphatic rings. The molecule has 0 bridgehead atoms. The van der Waals surface area contributed by atoms with Gasteiger partial charge in [-0.05, 0) is 29.8 Å². The van der Waals surface area contributed by atoms with Crippen LogP contribution in [-0.2, 0) is 6.42 Å². The van der Waals surface area contributed by atoms with Gasteiger partial charge in [0.15, 0.2) is 17.4 Å². The number of carbonyl (C=O) groups is 1. The molecule has 2 aromatic carbocycles. The Morgan fingerprint density at radius 1 is 0.944 bits per heavy atom. The van der Waals surface area contributed by atoms with Gasteiger partial charge in [0.25, 0.3) is 0 Å². The van der Waals surface area contributed by atoms with E-state index in [1.54, 1.807) is 0 Å². The summed E-state index contributed by atoms with van der Waals surface area (Å²) in [5, 5.41) is 0. The quantitative estimate of drug-likeness (QED) is 0.761. The minimum Gasteiger partial charge on any atom is -0.294 e. The van der Waals surface area contributed by atoms with Crippen molar-refractivity contribution >= 4 is 5.78 Å². The standard InChI is InChI=1S/C14H9F3O/c15-11-3-1-2-10(8-11)14(18)7-9-4-5-12(16)13(17)6-9/h1-6,8H,7H2. The van der Waals surface area contributed by atoms with Crippen LogP contribution in [0.15, 0.2) is 42.5 Å². The van der Waals surface area contributed by atoms with Crippen molar-refractivity contribution in [3.05, 3.63) is 71.0 Å². The minimum absolute atomic E-state index is 0.0966. The van der Waals surface area contributed by atoms with Crippen LogP contribution in [0.5, 0.6) is 0 Å². The molecule has 0 N–H and O–H groups in total. The molecule has 4 heteroatoms. The van der Waals surface area contributed by atoms with Gasteiger partial charge < -0.3 is 0 Å². The van der Waals surface area contributed by atoms with Crippen LogP contribution in [0.25, 0.3) is 0 Å². The van der Waals surface area contributed by atoms with E-state index in [1.165, 1.54) is 24.3 Å². The van der Waals surface area contributed by atoms with Crippen LogP contribution in [0, 0.1) is 17.5 Å². The molecule has 0 saturated heterocycles. The number of ketones is 1. The highest BCUT2D eigenvalue weighted by molar-refractivity contribution is 5.97. The van der Waals surface area contributed by atoms with E-state index in [0.717, 1.165) is 18.2 Å². The number of halogens is 3. The Kier molecular flexibility index (Phi) is 3.46. The van der Waals surface area contributed by atoms with Crippen molar-refractivity contribution in [2.45, 2.75) is 6.42 Å². The van der Waals surface area contributed by atoms with Crippen LogP contribution in [0.2, 0.25) is 0 Å². The lowest BCUT2D eigenvalue weighted by atomic mass is 10.0. The number of rotatable bonds is 3. The van der Waals surface area contributed by atoms with Gasteiger partial charge in [-0.3, -0.25) is 4.79 Å². The summed E-state index contributed by atoms with van der Waals surface area (Å²) in [6.45, 7) is 0. The third kappa shape index (κ3) is 2.77. The Hall–Kier alpha value is -2.10. The van der Waals surface area contributed by atoms with Crippen LogP contribution < -0.4 is 0 Å². The molecule has 18 heavy (non-hydrogen) atoms. The van der Waals surface area contributed by atoms with Crippen molar-refractivity contribution in [1.29, 1.82) is 0 Å². The molecule has 0 spiro atoms. The Morgan fingerprint density at radius 2 is 1.72 bits per heavy atom. The van der Waals surface area contributed by atoms with Gasteiger partial charge in [0.1, 0.15) is 5.82 Å². The summed E-state index contributed by atoms with van der Waals surface area (Å²) in [7, 11) is 0. The van der Waals surface area contributed by atoms with Crippen molar-refractivity contribution in [3.8, 4) is 0 Å². The predicted octanol–water partition coefficient (Wildman–Crippen LogP) is 3.53. The smallest absolute Gasteiger partial charge is 0.167 e. The van der Waals surface area contributed by atoms with E-state index < -0.39 is 17.5 Å². The molecule has 0 aliphatic heterocycles. The molecule has 2 rings (SSSR count). The first-order chi connectivity index (χ1) is 8.56. The van der Waals surface area contributed by atoms with Crippen LogP contribution in [0.3, 0.4) is 0 Å². The van der Waals surface area contributed by atoms with Crippen LogP contribution in [-0.4, -0.2) is 5.78 Å². The number of Topliss-reactive ketones (excluding diaryl/α,β-unsaturated/α-hetero) is 1. The van der Waals surface area contributed by atoms with E-state index >= 15 is 0 Å². The fourth-order valence-corrected chi connectivity index (χ4v) is 1.60. The molecular weight excluding hydrogens is 241 g/mol. The average Bonchev–Trinajstić information content (AvgIpc) is 2.34. The van der Waals surface area contributed by atoms with Crippen molar-refractivity contribution in [3.63, 3.8) is 0 Å². The Labute approximate surface area is 102 Å². The maximum Gasteiger partial charge on any atom is 0.167 e. The lowest BCUT2D eigenvalue weighted by molar-refractivity contribution is 0.0992. The van der Waals surface area contributed by atoms with Gasteiger partial charge in [-0.15, -0.1) is 0 Å². The van der Waals surface area contributed by atoms with E-state index in [2.05, 4.69) is 0 Å². The molecule has 0 heterocycles. The highest BCUT2D eigenvalue weighted by Crippen LogP contribution is 2.12. The first-order valence-electron chi connectivity index (χ1n) is 5.29. The van der Waals surface area contributed by atoms with Crippen molar-refractivity contribution < 1.29 is 18.0 Å². The fourth-order valence-electron chi connectivity index (χ4n) is 1.60. The number of hydrogen-bond donors (Lipinski definition) is 0. The van der Waals surface area contributed by atoms with E-state index in [1.807, 2.05) is 0 Å². The molecule has 0 amide bonds. The third-order valence-electron chi connectivity index (χ3n) is 2.50. The zero-order valence-corrected chi connectivity index (χ0v) is 9.29. The summed E-state index contributed by atoms with van der Waals surface area (Å²) in [6.07, 6.45) is -0.0966. The van der Waals surface area contributed by atoms with Crippen molar-refractivity contribution in [2.24, 2.45) is 0 Å². The molecule has 92 valence electrons. The summed E-state index contributed by atoms with van der Waals surface area (Å²) in [4.78, 5) is 11.8. The van der Waals surface area contributed by atoms with Gasteiger partial charge in [-0.2, -0.15) is 0 Å².